The van der Waals surface area contributed by atoms with Crippen molar-refractivity contribution in [2.75, 3.05) is 53.2 Å². The Kier molecular flexibility index (Phi) is 13.4. The molecule has 6 nitrogen and oxygen atoms in total. The number of methoxy groups -OCH3 is 1. The van der Waals surface area contributed by atoms with Gasteiger partial charge >= 0.3 is 0 Å². The molecule has 2 aromatic carbocycles. The third-order valence-corrected chi connectivity index (χ3v) is 3.89. The minimum Gasteiger partial charge on any atom is -0.491 e. The first-order valence-corrected chi connectivity index (χ1v) is 9.54. The maximum atomic E-state index is 5.95. The lowest BCUT2D eigenvalue weighted by atomic mass is 10.1. The molecule has 2 rings (SSSR count). The summed E-state index contributed by atoms with van der Waals surface area (Å²) in [6.45, 7) is 6.78. The molecule has 0 spiro atoms. The van der Waals surface area contributed by atoms with Crippen molar-refractivity contribution in [2.24, 2.45) is 4.99 Å². The summed E-state index contributed by atoms with van der Waals surface area (Å²) in [6, 6.07) is 14.4. The van der Waals surface area contributed by atoms with Gasteiger partial charge in [0.2, 0.25) is 0 Å². The first kappa shape index (κ1) is 24.5. The average Bonchev–Trinajstić information content (AvgIpc) is 2.70. The summed E-state index contributed by atoms with van der Waals surface area (Å²) in [5, 5.41) is 8.87. The van der Waals surface area contributed by atoms with E-state index in [1.165, 1.54) is 5.39 Å². The Morgan fingerprint density at radius 3 is 2.61 bits per heavy atom. The van der Waals surface area contributed by atoms with Crippen LogP contribution in [0.5, 0.6) is 5.75 Å². The summed E-state index contributed by atoms with van der Waals surface area (Å²) >= 11 is 0. The summed E-state index contributed by atoms with van der Waals surface area (Å²) in [4.78, 5) is 4.55. The van der Waals surface area contributed by atoms with Crippen LogP contribution in [0.4, 0.5) is 0 Å². The average molecular weight is 501 g/mol. The number of benzene rings is 2. The van der Waals surface area contributed by atoms with Gasteiger partial charge in [-0.15, -0.1) is 24.0 Å². The SMILES string of the molecule is CCNC(=NCCCOCCOC)NCCOc1cccc2ccccc12.I. The summed E-state index contributed by atoms with van der Waals surface area (Å²) < 4.78 is 16.3. The van der Waals surface area contributed by atoms with Gasteiger partial charge in [-0.3, -0.25) is 4.99 Å². The van der Waals surface area contributed by atoms with Gasteiger partial charge in [-0.25, -0.2) is 0 Å². The molecule has 2 aromatic rings. The molecule has 0 fully saturated rings. The molecule has 0 heterocycles. The summed E-state index contributed by atoms with van der Waals surface area (Å²) in [7, 11) is 1.67. The topological polar surface area (TPSA) is 64.1 Å². The van der Waals surface area contributed by atoms with Crippen molar-refractivity contribution in [1.29, 1.82) is 0 Å². The highest BCUT2D eigenvalue weighted by Crippen LogP contribution is 2.24. The Balaban J connectivity index is 0.00000392. The van der Waals surface area contributed by atoms with Crippen LogP contribution >= 0.6 is 24.0 Å². The Morgan fingerprint density at radius 1 is 0.964 bits per heavy atom. The van der Waals surface area contributed by atoms with Crippen molar-refractivity contribution in [3.63, 3.8) is 0 Å². The van der Waals surface area contributed by atoms with Crippen molar-refractivity contribution in [1.82, 2.24) is 10.6 Å². The number of guanidine groups is 1. The molecule has 0 amide bonds. The van der Waals surface area contributed by atoms with Crippen LogP contribution in [-0.2, 0) is 9.47 Å². The van der Waals surface area contributed by atoms with E-state index in [-0.39, 0.29) is 24.0 Å². The minimum absolute atomic E-state index is 0. The molecule has 0 saturated heterocycles. The van der Waals surface area contributed by atoms with E-state index in [9.17, 15) is 0 Å². The maximum Gasteiger partial charge on any atom is 0.191 e. The molecule has 156 valence electrons. The van der Waals surface area contributed by atoms with Gasteiger partial charge in [0.25, 0.3) is 0 Å². The Labute approximate surface area is 185 Å². The molecular weight excluding hydrogens is 469 g/mol. The molecule has 0 aromatic heterocycles. The van der Waals surface area contributed by atoms with Gasteiger partial charge in [0.1, 0.15) is 12.4 Å². The van der Waals surface area contributed by atoms with Crippen LogP contribution in [0.2, 0.25) is 0 Å². The number of rotatable bonds is 12. The lowest BCUT2D eigenvalue weighted by Crippen LogP contribution is -2.39. The molecule has 0 saturated carbocycles. The van der Waals surface area contributed by atoms with E-state index in [1.807, 2.05) is 24.3 Å². The van der Waals surface area contributed by atoms with Gasteiger partial charge in [0.05, 0.1) is 19.8 Å². The molecule has 0 atom stereocenters. The highest BCUT2D eigenvalue weighted by atomic mass is 127. The van der Waals surface area contributed by atoms with Crippen molar-refractivity contribution < 1.29 is 14.2 Å². The second-order valence-corrected chi connectivity index (χ2v) is 5.97. The van der Waals surface area contributed by atoms with Gasteiger partial charge in [-0.2, -0.15) is 0 Å². The highest BCUT2D eigenvalue weighted by molar-refractivity contribution is 14.0. The van der Waals surface area contributed by atoms with Crippen LogP contribution in [0.1, 0.15) is 13.3 Å². The zero-order valence-corrected chi connectivity index (χ0v) is 19.1. The fourth-order valence-electron chi connectivity index (χ4n) is 2.60. The van der Waals surface area contributed by atoms with Crippen LogP contribution in [0, 0.1) is 0 Å². The van der Waals surface area contributed by atoms with Crippen molar-refractivity contribution in [2.45, 2.75) is 13.3 Å². The van der Waals surface area contributed by atoms with Crippen molar-refractivity contribution in [3.8, 4) is 5.75 Å². The molecule has 0 unspecified atom stereocenters. The molecule has 0 bridgehead atoms. The van der Waals surface area contributed by atoms with E-state index in [0.29, 0.717) is 39.5 Å². The Hall–Kier alpha value is -1.58. The molecule has 28 heavy (non-hydrogen) atoms. The van der Waals surface area contributed by atoms with Crippen molar-refractivity contribution in [3.05, 3.63) is 42.5 Å². The highest BCUT2D eigenvalue weighted by Gasteiger charge is 2.02. The van der Waals surface area contributed by atoms with Crippen LogP contribution in [0.3, 0.4) is 0 Å². The van der Waals surface area contributed by atoms with Gasteiger partial charge < -0.3 is 24.8 Å². The zero-order valence-electron chi connectivity index (χ0n) is 16.8. The normalized spacial score (nSPS) is 11.1. The Bertz CT molecular complexity index is 692. The summed E-state index contributed by atoms with van der Waals surface area (Å²) in [5.41, 5.74) is 0. The van der Waals surface area contributed by atoms with Crippen LogP contribution in [0.25, 0.3) is 10.8 Å². The van der Waals surface area contributed by atoms with E-state index < -0.39 is 0 Å². The van der Waals surface area contributed by atoms with E-state index in [1.54, 1.807) is 7.11 Å². The number of halogens is 1. The van der Waals surface area contributed by atoms with E-state index in [4.69, 9.17) is 14.2 Å². The number of aliphatic imine (C=N–C) groups is 1. The van der Waals surface area contributed by atoms with Gasteiger partial charge in [-0.1, -0.05) is 36.4 Å². The maximum absolute atomic E-state index is 5.95. The number of fused-ring (bicyclic) bond motifs is 1. The predicted octanol–water partition coefficient (Wildman–Crippen LogP) is 3.44. The lowest BCUT2D eigenvalue weighted by Gasteiger charge is -2.13. The number of ether oxygens (including phenoxy) is 3. The molecule has 0 aliphatic carbocycles. The third kappa shape index (κ3) is 9.07. The number of nitrogens with zero attached hydrogens (tertiary/aromatic N) is 1. The molecular formula is C21H32IN3O3. The van der Waals surface area contributed by atoms with Crippen LogP contribution < -0.4 is 15.4 Å². The van der Waals surface area contributed by atoms with Gasteiger partial charge in [0, 0.05) is 32.2 Å². The lowest BCUT2D eigenvalue weighted by molar-refractivity contribution is 0.0702. The molecule has 2 N–H and O–H groups in total. The largest absolute Gasteiger partial charge is 0.491 e. The quantitative estimate of drug-likeness (QED) is 0.202. The molecule has 7 heteroatoms. The van der Waals surface area contributed by atoms with E-state index in [2.05, 4.69) is 40.7 Å². The first-order valence-electron chi connectivity index (χ1n) is 9.54. The summed E-state index contributed by atoms with van der Waals surface area (Å²) in [6.07, 6.45) is 0.882. The van der Waals surface area contributed by atoms with E-state index >= 15 is 0 Å². The van der Waals surface area contributed by atoms with Crippen LogP contribution in [0.15, 0.2) is 47.5 Å². The standard InChI is InChI=1S/C21H31N3O3.HI/c1-3-22-21(23-12-7-14-26-17-16-25-2)24-13-15-27-20-11-6-9-18-8-4-5-10-19(18)20;/h4-6,8-11H,3,7,12-17H2,1-2H3,(H2,22,23,24);1H. The summed E-state index contributed by atoms with van der Waals surface area (Å²) in [5.74, 6) is 1.71. The Morgan fingerprint density at radius 2 is 1.79 bits per heavy atom. The minimum atomic E-state index is 0. The smallest absolute Gasteiger partial charge is 0.191 e. The van der Waals surface area contributed by atoms with Crippen molar-refractivity contribution >= 4 is 40.7 Å². The molecule has 0 radical (unpaired) electrons. The molecule has 0 aliphatic heterocycles. The zero-order chi connectivity index (χ0) is 19.2. The second kappa shape index (κ2) is 15.4. The first-order chi connectivity index (χ1) is 13.3. The monoisotopic (exact) mass is 501 g/mol. The molecule has 0 aliphatic rings. The van der Waals surface area contributed by atoms with Gasteiger partial charge in [-0.05, 0) is 24.8 Å². The predicted molar refractivity (Wildman–Crippen MR) is 126 cm³/mol. The van der Waals surface area contributed by atoms with Crippen LogP contribution in [-0.4, -0.2) is 59.1 Å². The number of nitrogens with one attached hydrogen (secondary N) is 2. The van der Waals surface area contributed by atoms with E-state index in [0.717, 1.165) is 30.1 Å². The number of hydrogen-bond donors (Lipinski definition) is 2. The fourth-order valence-corrected chi connectivity index (χ4v) is 2.60. The second-order valence-electron chi connectivity index (χ2n) is 5.97. The fraction of sp³-hybridized carbons (Fsp3) is 0.476. The van der Waals surface area contributed by atoms with Gasteiger partial charge in [0.15, 0.2) is 5.96 Å². The third-order valence-electron chi connectivity index (χ3n) is 3.89. The number of hydrogen-bond acceptors (Lipinski definition) is 4.